The highest BCUT2D eigenvalue weighted by Crippen LogP contribution is 2.45. The molecule has 20 heavy (non-hydrogen) atoms. The molecular weight excluding hydrogens is 271 g/mol. The molecule has 1 saturated carbocycles. The van der Waals surface area contributed by atoms with Gasteiger partial charge in [-0.3, -0.25) is 0 Å². The molecule has 0 radical (unpaired) electrons. The molecule has 1 fully saturated rings. The van der Waals surface area contributed by atoms with Crippen LogP contribution in [0.4, 0.5) is 13.2 Å². The molecule has 1 aliphatic carbocycles. The van der Waals surface area contributed by atoms with Crippen molar-refractivity contribution in [3.05, 3.63) is 23.3 Å². The van der Waals surface area contributed by atoms with E-state index in [4.69, 9.17) is 10.5 Å². The van der Waals surface area contributed by atoms with E-state index in [1.54, 1.807) is 0 Å². The SMILES string of the molecule is COc1cc(C2(N)CCCCC2)cc(C(F)(F)F)c1O. The van der Waals surface area contributed by atoms with Gasteiger partial charge in [-0.25, -0.2) is 0 Å². The minimum Gasteiger partial charge on any atom is -0.504 e. The molecule has 1 aliphatic rings. The molecule has 0 atom stereocenters. The lowest BCUT2D eigenvalue weighted by Gasteiger charge is -2.34. The maximum atomic E-state index is 13.0. The molecule has 0 amide bonds. The van der Waals surface area contributed by atoms with Crippen LogP contribution in [0.3, 0.4) is 0 Å². The van der Waals surface area contributed by atoms with Crippen molar-refractivity contribution < 1.29 is 23.0 Å². The van der Waals surface area contributed by atoms with E-state index in [0.717, 1.165) is 25.3 Å². The standard InChI is InChI=1S/C14H18F3NO2/c1-20-11-8-9(13(18)5-3-2-4-6-13)7-10(12(11)19)14(15,16)17/h7-8,19H,2-6,18H2,1H3. The minimum atomic E-state index is -4.64. The van der Waals surface area contributed by atoms with E-state index < -0.39 is 23.0 Å². The molecule has 3 N–H and O–H groups in total. The van der Waals surface area contributed by atoms with Gasteiger partial charge in [0.1, 0.15) is 5.56 Å². The highest BCUT2D eigenvalue weighted by molar-refractivity contribution is 5.51. The summed E-state index contributed by atoms with van der Waals surface area (Å²) in [4.78, 5) is 0. The van der Waals surface area contributed by atoms with E-state index in [1.165, 1.54) is 13.2 Å². The monoisotopic (exact) mass is 289 g/mol. The number of methoxy groups -OCH3 is 1. The Kier molecular flexibility index (Phi) is 3.86. The number of hydrogen-bond acceptors (Lipinski definition) is 3. The van der Waals surface area contributed by atoms with Gasteiger partial charge in [-0.1, -0.05) is 19.3 Å². The van der Waals surface area contributed by atoms with E-state index in [2.05, 4.69) is 0 Å². The van der Waals surface area contributed by atoms with Crippen LogP contribution in [0.1, 0.15) is 43.2 Å². The fraction of sp³-hybridized carbons (Fsp3) is 0.571. The summed E-state index contributed by atoms with van der Waals surface area (Å²) in [5, 5.41) is 9.65. The first-order valence-corrected chi connectivity index (χ1v) is 6.55. The zero-order valence-electron chi connectivity index (χ0n) is 11.3. The van der Waals surface area contributed by atoms with Crippen LogP contribution in [0.15, 0.2) is 12.1 Å². The lowest BCUT2D eigenvalue weighted by Crippen LogP contribution is -2.38. The number of ether oxygens (including phenoxy) is 1. The largest absolute Gasteiger partial charge is 0.504 e. The topological polar surface area (TPSA) is 55.5 Å². The first-order valence-electron chi connectivity index (χ1n) is 6.55. The predicted octanol–water partition coefficient (Wildman–Crippen LogP) is 3.54. The average Bonchev–Trinajstić information content (AvgIpc) is 2.38. The average molecular weight is 289 g/mol. The summed E-state index contributed by atoms with van der Waals surface area (Å²) in [6.07, 6.45) is -0.544. The van der Waals surface area contributed by atoms with Crippen LogP contribution in [0.2, 0.25) is 0 Å². The molecule has 0 spiro atoms. The van der Waals surface area contributed by atoms with Gasteiger partial charge in [0.25, 0.3) is 0 Å². The quantitative estimate of drug-likeness (QED) is 0.875. The summed E-state index contributed by atoms with van der Waals surface area (Å²) >= 11 is 0. The Balaban J connectivity index is 2.54. The fourth-order valence-corrected chi connectivity index (χ4v) is 2.74. The van der Waals surface area contributed by atoms with Gasteiger partial charge in [0, 0.05) is 5.54 Å². The van der Waals surface area contributed by atoms with Crippen molar-refractivity contribution in [1.82, 2.24) is 0 Å². The lowest BCUT2D eigenvalue weighted by molar-refractivity contribution is -0.139. The molecule has 0 aromatic heterocycles. The Morgan fingerprint density at radius 3 is 2.30 bits per heavy atom. The summed E-state index contributed by atoms with van der Waals surface area (Å²) in [7, 11) is 1.23. The third-order valence-electron chi connectivity index (χ3n) is 3.92. The maximum Gasteiger partial charge on any atom is 0.420 e. The van der Waals surface area contributed by atoms with Crippen molar-refractivity contribution in [2.45, 2.75) is 43.8 Å². The number of rotatable bonds is 2. The van der Waals surface area contributed by atoms with Gasteiger partial charge in [0.05, 0.1) is 7.11 Å². The second-order valence-electron chi connectivity index (χ2n) is 5.29. The Bertz CT molecular complexity index is 494. The van der Waals surface area contributed by atoms with E-state index in [1.807, 2.05) is 0 Å². The molecule has 1 aromatic rings. The summed E-state index contributed by atoms with van der Waals surface area (Å²) in [5.74, 6) is -1.08. The van der Waals surface area contributed by atoms with Gasteiger partial charge in [-0.15, -0.1) is 0 Å². The summed E-state index contributed by atoms with van der Waals surface area (Å²) in [6, 6.07) is 2.36. The van der Waals surface area contributed by atoms with Crippen molar-refractivity contribution in [1.29, 1.82) is 0 Å². The van der Waals surface area contributed by atoms with Gasteiger partial charge in [-0.05, 0) is 30.5 Å². The lowest BCUT2D eigenvalue weighted by atomic mass is 9.77. The van der Waals surface area contributed by atoms with E-state index in [-0.39, 0.29) is 5.75 Å². The Morgan fingerprint density at radius 1 is 1.20 bits per heavy atom. The molecule has 2 rings (SSSR count). The fourth-order valence-electron chi connectivity index (χ4n) is 2.74. The number of alkyl halides is 3. The van der Waals surface area contributed by atoms with Gasteiger partial charge < -0.3 is 15.6 Å². The molecule has 0 aliphatic heterocycles. The van der Waals surface area contributed by atoms with Crippen LogP contribution < -0.4 is 10.5 Å². The van der Waals surface area contributed by atoms with Crippen molar-refractivity contribution in [3.8, 4) is 11.5 Å². The highest BCUT2D eigenvalue weighted by Gasteiger charge is 2.38. The number of phenols is 1. The molecule has 3 nitrogen and oxygen atoms in total. The van der Waals surface area contributed by atoms with Gasteiger partial charge in [0.15, 0.2) is 11.5 Å². The first kappa shape index (κ1) is 15.0. The number of nitrogens with two attached hydrogens (primary N) is 1. The molecule has 0 unspecified atom stereocenters. The zero-order valence-corrected chi connectivity index (χ0v) is 11.3. The van der Waals surface area contributed by atoms with Crippen molar-refractivity contribution >= 4 is 0 Å². The van der Waals surface area contributed by atoms with Gasteiger partial charge >= 0.3 is 6.18 Å². The number of halogens is 3. The smallest absolute Gasteiger partial charge is 0.420 e. The van der Waals surface area contributed by atoms with Crippen molar-refractivity contribution in [2.75, 3.05) is 7.11 Å². The Morgan fingerprint density at radius 2 is 1.80 bits per heavy atom. The summed E-state index contributed by atoms with van der Waals surface area (Å²) in [5.41, 5.74) is 4.76. The first-order chi connectivity index (χ1) is 9.28. The second kappa shape index (κ2) is 5.16. The number of phenolic OH excluding ortho intramolecular Hbond substituents is 1. The normalized spacial score (nSPS) is 18.9. The van der Waals surface area contributed by atoms with Crippen LogP contribution in [0.5, 0.6) is 11.5 Å². The number of hydrogen-bond donors (Lipinski definition) is 2. The number of benzene rings is 1. The molecule has 0 heterocycles. The molecule has 0 bridgehead atoms. The van der Waals surface area contributed by atoms with Crippen LogP contribution in [0.25, 0.3) is 0 Å². The van der Waals surface area contributed by atoms with Crippen LogP contribution >= 0.6 is 0 Å². The second-order valence-corrected chi connectivity index (χ2v) is 5.29. The van der Waals surface area contributed by atoms with E-state index in [9.17, 15) is 18.3 Å². The van der Waals surface area contributed by atoms with Crippen LogP contribution in [-0.2, 0) is 11.7 Å². The highest BCUT2D eigenvalue weighted by atomic mass is 19.4. The molecule has 6 heteroatoms. The third kappa shape index (κ3) is 2.70. The van der Waals surface area contributed by atoms with Gasteiger partial charge in [-0.2, -0.15) is 13.2 Å². The summed E-state index contributed by atoms with van der Waals surface area (Å²) < 4.78 is 43.8. The Labute approximate surface area is 115 Å². The molecular formula is C14H18F3NO2. The van der Waals surface area contributed by atoms with Crippen LogP contribution in [-0.4, -0.2) is 12.2 Å². The molecule has 0 saturated heterocycles. The summed E-state index contributed by atoms with van der Waals surface area (Å²) in [6.45, 7) is 0. The third-order valence-corrected chi connectivity index (χ3v) is 3.92. The number of aromatic hydroxyl groups is 1. The van der Waals surface area contributed by atoms with Crippen molar-refractivity contribution in [3.63, 3.8) is 0 Å². The van der Waals surface area contributed by atoms with Crippen molar-refractivity contribution in [2.24, 2.45) is 5.73 Å². The molecule has 112 valence electrons. The maximum absolute atomic E-state index is 13.0. The Hall–Kier alpha value is -1.43. The molecule has 1 aromatic carbocycles. The predicted molar refractivity (Wildman–Crippen MR) is 68.6 cm³/mol. The van der Waals surface area contributed by atoms with Gasteiger partial charge in [0.2, 0.25) is 0 Å². The van der Waals surface area contributed by atoms with E-state index >= 15 is 0 Å². The van der Waals surface area contributed by atoms with E-state index in [0.29, 0.717) is 18.4 Å². The van der Waals surface area contributed by atoms with Crippen LogP contribution in [0, 0.1) is 0 Å². The minimum absolute atomic E-state index is 0.190. The zero-order chi connectivity index (χ0) is 15.0.